The first-order valence-corrected chi connectivity index (χ1v) is 14.4. The molecule has 0 radical (unpaired) electrons. The van der Waals surface area contributed by atoms with Crippen molar-refractivity contribution >= 4 is 33.6 Å². The first-order valence-electron chi connectivity index (χ1n) is 14.4. The zero-order valence-electron chi connectivity index (χ0n) is 23.5. The Morgan fingerprint density at radius 1 is 0.952 bits per heavy atom. The lowest BCUT2D eigenvalue weighted by Gasteiger charge is -2.29. The van der Waals surface area contributed by atoms with Gasteiger partial charge in [-0.3, -0.25) is 10.1 Å². The molecular formula is C35H33FN2O4. The molecule has 214 valence electrons. The number of esters is 2. The number of benzene rings is 4. The number of halogens is 1. The fourth-order valence-electron chi connectivity index (χ4n) is 6.12. The molecule has 1 aromatic heterocycles. The largest absolute Gasteiger partial charge is 0.465 e. The smallest absolute Gasteiger partial charge is 0.328 e. The highest BCUT2D eigenvalue weighted by Gasteiger charge is 2.32. The van der Waals surface area contributed by atoms with Crippen LogP contribution < -0.4 is 5.32 Å². The number of carbonyl (C=O) groups excluding carboxylic acids is 2. The molecule has 0 fully saturated rings. The zero-order valence-corrected chi connectivity index (χ0v) is 23.5. The molecule has 1 aliphatic rings. The third kappa shape index (κ3) is 5.65. The average molecular weight is 565 g/mol. The summed E-state index contributed by atoms with van der Waals surface area (Å²) in [7, 11) is 0. The summed E-state index contributed by atoms with van der Waals surface area (Å²) >= 11 is 0. The van der Waals surface area contributed by atoms with Crippen LogP contribution in [0.2, 0.25) is 0 Å². The van der Waals surface area contributed by atoms with E-state index in [1.165, 1.54) is 12.1 Å². The molecule has 1 unspecified atom stereocenters. The highest BCUT2D eigenvalue weighted by Crippen LogP contribution is 2.34. The van der Waals surface area contributed by atoms with E-state index in [0.29, 0.717) is 19.4 Å². The van der Waals surface area contributed by atoms with Crippen LogP contribution in [0.1, 0.15) is 41.8 Å². The molecule has 6 rings (SSSR count). The molecule has 7 heteroatoms. The van der Waals surface area contributed by atoms with Gasteiger partial charge in [0.1, 0.15) is 25.0 Å². The van der Waals surface area contributed by atoms with E-state index in [1.54, 1.807) is 13.0 Å². The normalized spacial score (nSPS) is 15.3. The van der Waals surface area contributed by atoms with Gasteiger partial charge in [-0.05, 0) is 71.8 Å². The minimum Gasteiger partial charge on any atom is -0.465 e. The highest BCUT2D eigenvalue weighted by molar-refractivity contribution is 5.91. The predicted molar refractivity (Wildman–Crippen MR) is 160 cm³/mol. The number of ether oxygens (including phenoxy) is 2. The Morgan fingerprint density at radius 2 is 1.74 bits per heavy atom. The van der Waals surface area contributed by atoms with Gasteiger partial charge in [0.2, 0.25) is 0 Å². The Labute approximate surface area is 244 Å². The van der Waals surface area contributed by atoms with Crippen molar-refractivity contribution in [2.24, 2.45) is 0 Å². The highest BCUT2D eigenvalue weighted by atomic mass is 19.1. The lowest BCUT2D eigenvalue weighted by Crippen LogP contribution is -2.41. The van der Waals surface area contributed by atoms with Crippen molar-refractivity contribution < 1.29 is 23.5 Å². The molecule has 42 heavy (non-hydrogen) atoms. The second-order valence-corrected chi connectivity index (χ2v) is 10.7. The number of carbonyl (C=O) groups is 2. The van der Waals surface area contributed by atoms with Crippen LogP contribution in [0, 0.1) is 5.82 Å². The SMILES string of the molecule is CCOC(=O)Cn1c2c(c3cc(F)ccc31)C[C@@H](NC(C(=O)OCc1ccccc1)c1cccc3ccccc13)CC2. The maximum atomic E-state index is 14.4. The average Bonchev–Trinajstić information content (AvgIpc) is 3.30. The number of nitrogens with one attached hydrogen (secondary N) is 1. The van der Waals surface area contributed by atoms with Gasteiger partial charge in [0.15, 0.2) is 0 Å². The molecule has 2 atom stereocenters. The maximum absolute atomic E-state index is 14.4. The van der Waals surface area contributed by atoms with Crippen molar-refractivity contribution in [1.29, 1.82) is 0 Å². The fourth-order valence-corrected chi connectivity index (χ4v) is 6.12. The summed E-state index contributed by atoms with van der Waals surface area (Å²) in [4.78, 5) is 26.2. The van der Waals surface area contributed by atoms with Gasteiger partial charge in [-0.2, -0.15) is 0 Å². The van der Waals surface area contributed by atoms with E-state index < -0.39 is 6.04 Å². The van der Waals surface area contributed by atoms with E-state index in [2.05, 4.69) is 5.32 Å². The monoisotopic (exact) mass is 564 g/mol. The van der Waals surface area contributed by atoms with E-state index in [4.69, 9.17) is 9.47 Å². The Morgan fingerprint density at radius 3 is 2.57 bits per heavy atom. The van der Waals surface area contributed by atoms with Crippen molar-refractivity contribution in [3.05, 3.63) is 119 Å². The molecule has 1 N–H and O–H groups in total. The standard InChI is InChI=1S/C35H33FN2O4/c1-2-41-33(39)21-38-31-17-15-25(36)19-29(31)30-20-26(16-18-32(30)38)37-34(35(40)42-22-23-9-4-3-5-10-23)28-14-8-12-24-11-6-7-13-27(24)28/h3-15,17,19,26,34,37H,2,16,18,20-22H2,1H3/t26-,34?/m0/s1. The van der Waals surface area contributed by atoms with E-state index in [9.17, 15) is 14.0 Å². The molecule has 0 saturated carbocycles. The molecule has 0 bridgehead atoms. The topological polar surface area (TPSA) is 69.6 Å². The molecule has 5 aromatic rings. The summed E-state index contributed by atoms with van der Waals surface area (Å²) in [6.45, 7) is 2.34. The first kappa shape index (κ1) is 27.7. The third-order valence-corrected chi connectivity index (χ3v) is 8.02. The third-order valence-electron chi connectivity index (χ3n) is 8.02. The number of hydrogen-bond donors (Lipinski definition) is 1. The Bertz CT molecular complexity index is 1740. The molecular weight excluding hydrogens is 531 g/mol. The molecule has 0 amide bonds. The summed E-state index contributed by atoms with van der Waals surface area (Å²) < 4.78 is 27.5. The minimum absolute atomic E-state index is 0.0735. The summed E-state index contributed by atoms with van der Waals surface area (Å²) in [6.07, 6.45) is 1.99. The lowest BCUT2D eigenvalue weighted by atomic mass is 9.89. The van der Waals surface area contributed by atoms with Crippen LogP contribution in [0.15, 0.2) is 91.0 Å². The molecule has 0 saturated heterocycles. The van der Waals surface area contributed by atoms with E-state index in [-0.39, 0.29) is 36.9 Å². The fraction of sp³-hybridized carbons (Fsp3) is 0.257. The summed E-state index contributed by atoms with van der Waals surface area (Å²) in [5.41, 5.74) is 4.58. The Hall–Kier alpha value is -4.49. The quantitative estimate of drug-likeness (QED) is 0.209. The predicted octanol–water partition coefficient (Wildman–Crippen LogP) is 6.43. The van der Waals surface area contributed by atoms with Crippen molar-refractivity contribution in [2.45, 2.75) is 51.4 Å². The lowest BCUT2D eigenvalue weighted by molar-refractivity contribution is -0.148. The number of rotatable bonds is 9. The molecule has 1 aliphatic carbocycles. The Balaban J connectivity index is 1.32. The molecule has 1 heterocycles. The van der Waals surface area contributed by atoms with Crippen molar-refractivity contribution in [3.8, 4) is 0 Å². The Kier molecular flexibility index (Phi) is 8.02. The van der Waals surface area contributed by atoms with Crippen LogP contribution in [-0.4, -0.2) is 29.2 Å². The van der Waals surface area contributed by atoms with Gasteiger partial charge >= 0.3 is 11.9 Å². The molecule has 0 aliphatic heterocycles. The van der Waals surface area contributed by atoms with Gasteiger partial charge in [0.25, 0.3) is 0 Å². The van der Waals surface area contributed by atoms with Crippen molar-refractivity contribution in [1.82, 2.24) is 9.88 Å². The molecule has 6 nitrogen and oxygen atoms in total. The number of hydrogen-bond acceptors (Lipinski definition) is 5. The van der Waals surface area contributed by atoms with Gasteiger partial charge in [0, 0.05) is 22.6 Å². The first-order chi connectivity index (χ1) is 20.5. The minimum atomic E-state index is -0.698. The van der Waals surface area contributed by atoms with Gasteiger partial charge in [0.05, 0.1) is 6.61 Å². The van der Waals surface area contributed by atoms with Gasteiger partial charge < -0.3 is 14.0 Å². The van der Waals surface area contributed by atoms with Crippen LogP contribution in [0.4, 0.5) is 4.39 Å². The number of aromatic nitrogens is 1. The van der Waals surface area contributed by atoms with Gasteiger partial charge in [-0.1, -0.05) is 72.8 Å². The van der Waals surface area contributed by atoms with E-state index in [1.807, 2.05) is 77.4 Å². The second-order valence-electron chi connectivity index (χ2n) is 10.7. The van der Waals surface area contributed by atoms with Crippen LogP contribution in [-0.2, 0) is 45.1 Å². The van der Waals surface area contributed by atoms with E-state index in [0.717, 1.165) is 50.5 Å². The molecule has 4 aromatic carbocycles. The summed E-state index contributed by atoms with van der Waals surface area (Å²) in [6, 6.07) is 27.5. The van der Waals surface area contributed by atoms with Crippen molar-refractivity contribution in [3.63, 3.8) is 0 Å². The van der Waals surface area contributed by atoms with Crippen LogP contribution >= 0.6 is 0 Å². The van der Waals surface area contributed by atoms with E-state index >= 15 is 0 Å². The van der Waals surface area contributed by atoms with Crippen LogP contribution in [0.3, 0.4) is 0 Å². The zero-order chi connectivity index (χ0) is 29.1. The maximum Gasteiger partial charge on any atom is 0.328 e. The number of nitrogens with zero attached hydrogens (tertiary/aromatic N) is 1. The number of fused-ring (bicyclic) bond motifs is 4. The van der Waals surface area contributed by atoms with Crippen LogP contribution in [0.5, 0.6) is 0 Å². The second kappa shape index (κ2) is 12.2. The van der Waals surface area contributed by atoms with Gasteiger partial charge in [-0.25, -0.2) is 9.18 Å². The summed E-state index contributed by atoms with van der Waals surface area (Å²) in [5, 5.41) is 6.44. The van der Waals surface area contributed by atoms with Gasteiger partial charge in [-0.15, -0.1) is 0 Å². The van der Waals surface area contributed by atoms with Crippen molar-refractivity contribution in [2.75, 3.05) is 6.61 Å². The van der Waals surface area contributed by atoms with Crippen LogP contribution in [0.25, 0.3) is 21.7 Å². The molecule has 0 spiro atoms. The summed E-state index contributed by atoms with van der Waals surface area (Å²) in [5.74, 6) is -0.998.